The van der Waals surface area contributed by atoms with Crippen molar-refractivity contribution in [3.05, 3.63) is 56.4 Å². The molecule has 0 unspecified atom stereocenters. The Balaban J connectivity index is 2.12. The Bertz CT molecular complexity index is 607. The van der Waals surface area contributed by atoms with E-state index in [2.05, 4.69) is 26.3 Å². The summed E-state index contributed by atoms with van der Waals surface area (Å²) in [5.74, 6) is 0.775. The van der Waals surface area contributed by atoms with E-state index < -0.39 is 0 Å². The van der Waals surface area contributed by atoms with Gasteiger partial charge in [0.05, 0.1) is 16.7 Å². The van der Waals surface area contributed by atoms with E-state index in [1.807, 2.05) is 24.3 Å². The Morgan fingerprint density at radius 1 is 1.28 bits per heavy atom. The lowest BCUT2D eigenvalue weighted by atomic mass is 10.1. The summed E-state index contributed by atoms with van der Waals surface area (Å²) < 4.78 is 0.971. The maximum Gasteiger partial charge on any atom is 0.160 e. The first-order valence-corrected chi connectivity index (χ1v) is 6.85. The fourth-order valence-electron chi connectivity index (χ4n) is 1.84. The number of hydrogen-bond acceptors (Lipinski definition) is 3. The highest BCUT2D eigenvalue weighted by Gasteiger charge is 2.27. The second-order valence-corrected chi connectivity index (χ2v) is 5.59. The molecule has 0 bridgehead atoms. The predicted octanol–water partition coefficient (Wildman–Crippen LogP) is 3.61. The zero-order valence-electron chi connectivity index (χ0n) is 9.12. The largest absolute Gasteiger partial charge is 0.247 e. The first kappa shape index (κ1) is 12.2. The molecule has 3 rings (SSSR count). The summed E-state index contributed by atoms with van der Waals surface area (Å²) in [4.78, 5) is 4.57. The molecule has 0 saturated heterocycles. The molecule has 1 aromatic rings. The number of benzene rings is 1. The molecule has 0 saturated carbocycles. The van der Waals surface area contributed by atoms with Crippen molar-refractivity contribution >= 4 is 44.8 Å². The lowest BCUT2D eigenvalue weighted by Crippen LogP contribution is -2.31. The number of nitrogens with one attached hydrogen (secondary N) is 1. The number of nitrogens with zero attached hydrogens (tertiary/aromatic N) is 2. The van der Waals surface area contributed by atoms with Gasteiger partial charge in [-0.15, -0.1) is 0 Å². The lowest BCUT2D eigenvalue weighted by Gasteiger charge is -2.23. The number of rotatable bonds is 1. The van der Waals surface area contributed by atoms with Crippen LogP contribution in [0.15, 0.2) is 50.8 Å². The second-order valence-electron chi connectivity index (χ2n) is 3.84. The average Bonchev–Trinajstić information content (AvgIpc) is 2.72. The first-order valence-electron chi connectivity index (χ1n) is 5.30. The smallest absolute Gasteiger partial charge is 0.160 e. The molecule has 2 aliphatic rings. The molecule has 0 spiro atoms. The molecule has 0 aliphatic carbocycles. The van der Waals surface area contributed by atoms with Crippen LogP contribution in [0.4, 0.5) is 0 Å². The van der Waals surface area contributed by atoms with Crippen molar-refractivity contribution in [2.75, 3.05) is 6.54 Å². The topological polar surface area (TPSA) is 27.6 Å². The van der Waals surface area contributed by atoms with Gasteiger partial charge in [-0.3, -0.25) is 0 Å². The Morgan fingerprint density at radius 3 is 2.83 bits per heavy atom. The van der Waals surface area contributed by atoms with Gasteiger partial charge in [0, 0.05) is 16.7 Å². The van der Waals surface area contributed by atoms with Crippen molar-refractivity contribution in [1.29, 1.82) is 0 Å². The molecular weight excluding hydrogens is 337 g/mol. The van der Waals surface area contributed by atoms with E-state index in [0.29, 0.717) is 16.7 Å². The third kappa shape index (κ3) is 1.99. The van der Waals surface area contributed by atoms with Gasteiger partial charge in [-0.2, -0.15) is 0 Å². The average molecular weight is 345 g/mol. The molecule has 92 valence electrons. The zero-order valence-corrected chi connectivity index (χ0v) is 12.2. The van der Waals surface area contributed by atoms with E-state index in [9.17, 15) is 0 Å². The molecule has 2 aliphatic heterocycles. The third-order valence-corrected chi connectivity index (χ3v) is 3.94. The lowest BCUT2D eigenvalue weighted by molar-refractivity contribution is 0.371. The number of fused-ring (bicyclic) bond motifs is 1. The molecule has 0 aromatic heterocycles. The van der Waals surface area contributed by atoms with Gasteiger partial charge in [0.15, 0.2) is 5.82 Å². The van der Waals surface area contributed by atoms with Crippen molar-refractivity contribution in [1.82, 2.24) is 10.4 Å². The van der Waals surface area contributed by atoms with Gasteiger partial charge < -0.3 is 0 Å². The fraction of sp³-hybridized carbons (Fsp3) is 0.0833. The Morgan fingerprint density at radius 2 is 2.06 bits per heavy atom. The van der Waals surface area contributed by atoms with Crippen molar-refractivity contribution in [2.45, 2.75) is 0 Å². The van der Waals surface area contributed by atoms with E-state index in [4.69, 9.17) is 23.2 Å². The van der Waals surface area contributed by atoms with Gasteiger partial charge in [-0.1, -0.05) is 57.3 Å². The number of aliphatic imine (C=N–C) groups is 1. The van der Waals surface area contributed by atoms with E-state index in [0.717, 1.165) is 21.6 Å². The summed E-state index contributed by atoms with van der Waals surface area (Å²) in [7, 11) is 0. The third-order valence-electron chi connectivity index (χ3n) is 2.69. The molecule has 3 nitrogen and oxygen atoms in total. The number of hydrazine groups is 1. The minimum absolute atomic E-state index is 0.573. The summed E-state index contributed by atoms with van der Waals surface area (Å²) in [6, 6.07) is 7.57. The van der Waals surface area contributed by atoms with E-state index >= 15 is 0 Å². The maximum absolute atomic E-state index is 6.23. The molecule has 2 heterocycles. The van der Waals surface area contributed by atoms with Gasteiger partial charge in [0.1, 0.15) is 5.16 Å². The molecule has 0 radical (unpaired) electrons. The molecule has 1 aromatic carbocycles. The van der Waals surface area contributed by atoms with Crippen LogP contribution >= 0.6 is 39.1 Å². The molecule has 1 N–H and O–H groups in total. The Labute approximate surface area is 123 Å². The minimum atomic E-state index is 0.573. The van der Waals surface area contributed by atoms with Crippen LogP contribution in [0.1, 0.15) is 5.56 Å². The van der Waals surface area contributed by atoms with Gasteiger partial charge in [0.2, 0.25) is 0 Å². The molecule has 0 amide bonds. The summed E-state index contributed by atoms with van der Waals surface area (Å²) in [5, 5.41) is 2.98. The molecule has 0 fully saturated rings. The fourth-order valence-corrected chi connectivity index (χ4v) is 2.71. The van der Waals surface area contributed by atoms with Gasteiger partial charge in [-0.25, -0.2) is 15.4 Å². The van der Waals surface area contributed by atoms with Crippen molar-refractivity contribution in [2.24, 2.45) is 4.99 Å². The quantitative estimate of drug-likeness (QED) is 0.788. The van der Waals surface area contributed by atoms with Gasteiger partial charge in [-0.05, 0) is 6.07 Å². The summed E-state index contributed by atoms with van der Waals surface area (Å²) in [5.41, 5.74) is 4.75. The summed E-state index contributed by atoms with van der Waals surface area (Å²) in [6.45, 7) is 0.679. The monoisotopic (exact) mass is 343 g/mol. The summed E-state index contributed by atoms with van der Waals surface area (Å²) >= 11 is 15.9. The standard InChI is InChI=1S/C12H8BrCl2N3/c13-8-6-16-18-11(15)5-10(17-12(8)18)7-3-1-2-4-9(7)14/h1-5,16H,6H2. The van der Waals surface area contributed by atoms with Crippen molar-refractivity contribution < 1.29 is 0 Å². The number of hydrogen-bond donors (Lipinski definition) is 1. The molecular formula is C12H8BrCl2N3. The van der Waals surface area contributed by atoms with Crippen molar-refractivity contribution in [3.63, 3.8) is 0 Å². The predicted molar refractivity (Wildman–Crippen MR) is 77.7 cm³/mol. The van der Waals surface area contributed by atoms with Crippen LogP contribution in [0.5, 0.6) is 0 Å². The van der Waals surface area contributed by atoms with E-state index in [1.165, 1.54) is 0 Å². The van der Waals surface area contributed by atoms with Crippen LogP contribution < -0.4 is 5.43 Å². The van der Waals surface area contributed by atoms with Crippen LogP contribution in [0.3, 0.4) is 0 Å². The van der Waals surface area contributed by atoms with Gasteiger partial charge >= 0.3 is 0 Å². The highest BCUT2D eigenvalue weighted by atomic mass is 79.9. The van der Waals surface area contributed by atoms with Crippen LogP contribution in [-0.4, -0.2) is 17.3 Å². The molecule has 18 heavy (non-hydrogen) atoms. The maximum atomic E-state index is 6.23. The van der Waals surface area contributed by atoms with Crippen molar-refractivity contribution in [3.8, 4) is 0 Å². The Kier molecular flexibility index (Phi) is 3.20. The molecule has 0 atom stereocenters. The van der Waals surface area contributed by atoms with Gasteiger partial charge in [0.25, 0.3) is 0 Å². The number of halogens is 3. The SMILES string of the molecule is ClC1=CC(c2ccccc2Cl)=NC2=C(Br)CNN12. The highest BCUT2D eigenvalue weighted by molar-refractivity contribution is 9.11. The molecule has 6 heteroatoms. The van der Waals surface area contributed by atoms with E-state index in [1.54, 1.807) is 11.1 Å². The summed E-state index contributed by atoms with van der Waals surface area (Å²) in [6.07, 6.45) is 1.80. The van der Waals surface area contributed by atoms with E-state index in [-0.39, 0.29) is 0 Å². The number of allylic oxidation sites excluding steroid dienone is 1. The highest BCUT2D eigenvalue weighted by Crippen LogP contribution is 2.31. The van der Waals surface area contributed by atoms with Crippen LogP contribution in [0, 0.1) is 0 Å². The first-order chi connectivity index (χ1) is 8.66. The Hall–Kier alpha value is -0.810. The zero-order chi connectivity index (χ0) is 12.7. The minimum Gasteiger partial charge on any atom is -0.247 e. The second kappa shape index (κ2) is 4.70. The van der Waals surface area contributed by atoms with Crippen LogP contribution in [0.25, 0.3) is 0 Å². The van der Waals surface area contributed by atoms with Crippen LogP contribution in [0.2, 0.25) is 5.02 Å². The normalized spacial score (nSPS) is 18.7. The van der Waals surface area contributed by atoms with Crippen LogP contribution in [-0.2, 0) is 0 Å².